The predicted octanol–water partition coefficient (Wildman–Crippen LogP) is 2.40. The quantitative estimate of drug-likeness (QED) is 0.789. The summed E-state index contributed by atoms with van der Waals surface area (Å²) in [5, 5.41) is 6.83. The molecule has 0 aliphatic heterocycles. The molecule has 0 fully saturated rings. The highest BCUT2D eigenvalue weighted by molar-refractivity contribution is 7.18. The van der Waals surface area contributed by atoms with Gasteiger partial charge in [-0.1, -0.05) is 6.92 Å². The lowest BCUT2D eigenvalue weighted by Gasteiger charge is -2.07. The Bertz CT molecular complexity index is 809. The number of ether oxygens (including phenoxy) is 2. The van der Waals surface area contributed by atoms with Crippen LogP contribution in [0.15, 0.2) is 12.4 Å². The molecule has 9 heteroatoms. The van der Waals surface area contributed by atoms with Crippen LogP contribution in [0.1, 0.15) is 49.3 Å². The second-order valence-electron chi connectivity index (χ2n) is 5.24. The number of hydrogen-bond donors (Lipinski definition) is 1. The van der Waals surface area contributed by atoms with Crippen LogP contribution in [0.2, 0.25) is 0 Å². The van der Waals surface area contributed by atoms with E-state index in [1.807, 2.05) is 6.92 Å². The van der Waals surface area contributed by atoms with Crippen molar-refractivity contribution in [2.45, 2.75) is 20.3 Å². The third kappa shape index (κ3) is 4.05. The molecule has 2 aromatic rings. The SMILES string of the molecule is CCCOC(=O)c1c(NC(=O)c2cnn(C)c2)sc(C(=O)OC)c1C. The highest BCUT2D eigenvalue weighted by atomic mass is 32.1. The summed E-state index contributed by atoms with van der Waals surface area (Å²) in [5.74, 6) is -1.60. The molecule has 0 atom stereocenters. The molecule has 8 nitrogen and oxygen atoms in total. The molecule has 134 valence electrons. The first-order valence-corrected chi connectivity index (χ1v) is 8.39. The molecule has 0 radical (unpaired) electrons. The van der Waals surface area contributed by atoms with Crippen molar-refractivity contribution < 1.29 is 23.9 Å². The van der Waals surface area contributed by atoms with E-state index in [1.54, 1.807) is 20.2 Å². The molecule has 0 bridgehead atoms. The van der Waals surface area contributed by atoms with E-state index in [-0.39, 0.29) is 22.0 Å². The Morgan fingerprint density at radius 1 is 1.32 bits per heavy atom. The number of thiophene rings is 1. The van der Waals surface area contributed by atoms with Crippen LogP contribution in [0.5, 0.6) is 0 Å². The fourth-order valence-corrected chi connectivity index (χ4v) is 3.22. The third-order valence-corrected chi connectivity index (χ3v) is 4.54. The fraction of sp³-hybridized carbons (Fsp3) is 0.375. The van der Waals surface area contributed by atoms with E-state index in [9.17, 15) is 14.4 Å². The Labute approximate surface area is 148 Å². The van der Waals surface area contributed by atoms with E-state index >= 15 is 0 Å². The summed E-state index contributed by atoms with van der Waals surface area (Å²) in [6, 6.07) is 0. The number of aryl methyl sites for hydroxylation is 1. The molecule has 2 rings (SSSR count). The van der Waals surface area contributed by atoms with Crippen LogP contribution in [-0.2, 0) is 16.5 Å². The average molecular weight is 365 g/mol. The lowest BCUT2D eigenvalue weighted by molar-refractivity contribution is 0.0506. The van der Waals surface area contributed by atoms with Gasteiger partial charge in [-0.2, -0.15) is 5.10 Å². The van der Waals surface area contributed by atoms with E-state index < -0.39 is 17.8 Å². The van der Waals surface area contributed by atoms with Crippen molar-refractivity contribution in [3.63, 3.8) is 0 Å². The van der Waals surface area contributed by atoms with Crippen LogP contribution < -0.4 is 5.32 Å². The predicted molar refractivity (Wildman–Crippen MR) is 92.1 cm³/mol. The summed E-state index contributed by atoms with van der Waals surface area (Å²) in [6.07, 6.45) is 3.62. The molecule has 0 spiro atoms. The Morgan fingerprint density at radius 3 is 2.60 bits per heavy atom. The van der Waals surface area contributed by atoms with Crippen molar-refractivity contribution in [1.82, 2.24) is 9.78 Å². The zero-order chi connectivity index (χ0) is 18.6. The van der Waals surface area contributed by atoms with Crippen LogP contribution in [-0.4, -0.2) is 41.3 Å². The van der Waals surface area contributed by atoms with Gasteiger partial charge in [0.2, 0.25) is 0 Å². The zero-order valence-electron chi connectivity index (χ0n) is 14.4. The van der Waals surface area contributed by atoms with Gasteiger partial charge in [-0.3, -0.25) is 9.48 Å². The molecule has 0 saturated heterocycles. The molecule has 2 heterocycles. The largest absolute Gasteiger partial charge is 0.465 e. The number of nitrogens with one attached hydrogen (secondary N) is 1. The van der Waals surface area contributed by atoms with Crippen molar-refractivity contribution in [2.75, 3.05) is 19.0 Å². The smallest absolute Gasteiger partial charge is 0.348 e. The molecular formula is C16H19N3O5S. The Balaban J connectivity index is 2.38. The van der Waals surface area contributed by atoms with Crippen molar-refractivity contribution in [1.29, 1.82) is 0 Å². The zero-order valence-corrected chi connectivity index (χ0v) is 15.2. The average Bonchev–Trinajstić information content (AvgIpc) is 3.15. The summed E-state index contributed by atoms with van der Waals surface area (Å²) in [6.45, 7) is 3.74. The van der Waals surface area contributed by atoms with Crippen molar-refractivity contribution >= 4 is 34.2 Å². The maximum absolute atomic E-state index is 12.4. The van der Waals surface area contributed by atoms with Crippen molar-refractivity contribution in [3.8, 4) is 0 Å². The van der Waals surface area contributed by atoms with Gasteiger partial charge in [-0.15, -0.1) is 11.3 Å². The van der Waals surface area contributed by atoms with Crippen LogP contribution in [0, 0.1) is 6.92 Å². The summed E-state index contributed by atoms with van der Waals surface area (Å²) >= 11 is 0.976. The van der Waals surface area contributed by atoms with E-state index in [0.29, 0.717) is 17.5 Å². The van der Waals surface area contributed by atoms with Crippen molar-refractivity contribution in [3.05, 3.63) is 34.0 Å². The number of methoxy groups -OCH3 is 1. The molecule has 1 amide bonds. The lowest BCUT2D eigenvalue weighted by atomic mass is 10.1. The van der Waals surface area contributed by atoms with Crippen LogP contribution in [0.3, 0.4) is 0 Å². The molecule has 2 aromatic heterocycles. The second-order valence-corrected chi connectivity index (χ2v) is 6.27. The molecule has 0 saturated carbocycles. The molecule has 1 N–H and O–H groups in total. The molecular weight excluding hydrogens is 346 g/mol. The second kappa shape index (κ2) is 7.93. The van der Waals surface area contributed by atoms with Gasteiger partial charge in [0, 0.05) is 13.2 Å². The van der Waals surface area contributed by atoms with Crippen molar-refractivity contribution in [2.24, 2.45) is 7.05 Å². The maximum Gasteiger partial charge on any atom is 0.348 e. The van der Waals surface area contributed by atoms with E-state index in [2.05, 4.69) is 10.4 Å². The molecule has 0 aliphatic carbocycles. The standard InChI is InChI=1S/C16H19N3O5S/c1-5-6-24-15(21)11-9(2)12(16(22)23-4)25-14(11)18-13(20)10-7-17-19(3)8-10/h7-8H,5-6H2,1-4H3,(H,18,20). The van der Waals surface area contributed by atoms with E-state index in [1.165, 1.54) is 18.0 Å². The number of anilines is 1. The summed E-state index contributed by atoms with van der Waals surface area (Å²) < 4.78 is 11.4. The highest BCUT2D eigenvalue weighted by Gasteiger charge is 2.27. The van der Waals surface area contributed by atoms with Gasteiger partial charge in [0.25, 0.3) is 5.91 Å². The molecule has 0 unspecified atom stereocenters. The maximum atomic E-state index is 12.4. The molecule has 0 aromatic carbocycles. The van der Waals surface area contributed by atoms with Gasteiger partial charge in [0.1, 0.15) is 9.88 Å². The van der Waals surface area contributed by atoms with Gasteiger partial charge >= 0.3 is 11.9 Å². The first-order chi connectivity index (χ1) is 11.9. The highest BCUT2D eigenvalue weighted by Crippen LogP contribution is 2.34. The minimum absolute atomic E-state index is 0.163. The normalized spacial score (nSPS) is 10.4. The van der Waals surface area contributed by atoms with Gasteiger partial charge < -0.3 is 14.8 Å². The summed E-state index contributed by atoms with van der Waals surface area (Å²) in [4.78, 5) is 36.9. The number of carbonyl (C=O) groups excluding carboxylic acids is 3. The Hall–Kier alpha value is -2.68. The number of rotatable bonds is 6. The summed E-state index contributed by atoms with van der Waals surface area (Å²) in [7, 11) is 2.94. The first-order valence-electron chi connectivity index (χ1n) is 7.57. The fourth-order valence-electron chi connectivity index (χ4n) is 2.12. The Kier molecular flexibility index (Phi) is 5.92. The van der Waals surface area contributed by atoms with Crippen LogP contribution >= 0.6 is 11.3 Å². The van der Waals surface area contributed by atoms with Crippen LogP contribution in [0.4, 0.5) is 5.00 Å². The van der Waals surface area contributed by atoms with Gasteiger partial charge in [-0.25, -0.2) is 9.59 Å². The topological polar surface area (TPSA) is 99.5 Å². The Morgan fingerprint density at radius 2 is 2.04 bits per heavy atom. The third-order valence-electron chi connectivity index (χ3n) is 3.35. The van der Waals surface area contributed by atoms with Crippen LogP contribution in [0.25, 0.3) is 0 Å². The lowest BCUT2D eigenvalue weighted by Crippen LogP contribution is -2.14. The van der Waals surface area contributed by atoms with E-state index in [0.717, 1.165) is 11.3 Å². The van der Waals surface area contributed by atoms with Gasteiger partial charge in [0.05, 0.1) is 31.0 Å². The summed E-state index contributed by atoms with van der Waals surface area (Å²) in [5.41, 5.74) is 0.913. The monoisotopic (exact) mass is 365 g/mol. The number of amides is 1. The first kappa shape index (κ1) is 18.7. The number of carbonyl (C=O) groups is 3. The molecule has 25 heavy (non-hydrogen) atoms. The number of nitrogens with zero attached hydrogens (tertiary/aromatic N) is 2. The minimum Gasteiger partial charge on any atom is -0.465 e. The number of hydrogen-bond acceptors (Lipinski definition) is 7. The van der Waals surface area contributed by atoms with E-state index in [4.69, 9.17) is 9.47 Å². The van der Waals surface area contributed by atoms with Gasteiger partial charge in [-0.05, 0) is 18.9 Å². The minimum atomic E-state index is -0.591. The molecule has 0 aliphatic rings. The number of aromatic nitrogens is 2. The van der Waals surface area contributed by atoms with Gasteiger partial charge in [0.15, 0.2) is 0 Å². The number of esters is 2.